The molecule has 0 bridgehead atoms. The van der Waals surface area contributed by atoms with E-state index in [1.54, 1.807) is 10.9 Å². The number of aryl methyl sites for hydroxylation is 1. The molecule has 1 aliphatic heterocycles. The van der Waals surface area contributed by atoms with Gasteiger partial charge in [0.1, 0.15) is 11.6 Å². The molecule has 0 amide bonds. The molecule has 1 saturated heterocycles. The van der Waals surface area contributed by atoms with Crippen LogP contribution in [0.15, 0.2) is 6.20 Å². The van der Waals surface area contributed by atoms with Gasteiger partial charge in [0, 0.05) is 20.1 Å². The Morgan fingerprint density at radius 2 is 2.11 bits per heavy atom. The molecule has 1 aliphatic rings. The molecule has 7 nitrogen and oxygen atoms in total. The number of hydrogen-bond acceptors (Lipinski definition) is 6. The van der Waals surface area contributed by atoms with Crippen LogP contribution in [0.3, 0.4) is 0 Å². The van der Waals surface area contributed by atoms with Crippen molar-refractivity contribution >= 4 is 16.9 Å². The number of likely N-dealkylation sites (tertiary alicyclic amines) is 1. The van der Waals surface area contributed by atoms with Crippen molar-refractivity contribution < 1.29 is 5.11 Å². The van der Waals surface area contributed by atoms with Gasteiger partial charge in [-0.15, -0.1) is 0 Å². The zero-order valence-electron chi connectivity index (χ0n) is 11.0. The Bertz CT molecular complexity index is 587. The van der Waals surface area contributed by atoms with Gasteiger partial charge in [-0.25, -0.2) is 9.97 Å². The molecule has 102 valence electrons. The average molecular weight is 262 g/mol. The maximum absolute atomic E-state index is 9.50. The van der Waals surface area contributed by atoms with E-state index in [9.17, 15) is 5.11 Å². The minimum Gasteiger partial charge on any atom is -0.393 e. The predicted octanol–water partition coefficient (Wildman–Crippen LogP) is -0.0978. The molecular formula is C12H18N6O. The largest absolute Gasteiger partial charge is 0.393 e. The van der Waals surface area contributed by atoms with Crippen LogP contribution in [-0.4, -0.2) is 48.9 Å². The number of aromatic nitrogens is 4. The highest BCUT2D eigenvalue weighted by Crippen LogP contribution is 2.18. The first-order valence-corrected chi connectivity index (χ1v) is 6.48. The van der Waals surface area contributed by atoms with E-state index in [2.05, 4.69) is 20.0 Å². The van der Waals surface area contributed by atoms with Gasteiger partial charge in [0.05, 0.1) is 24.2 Å². The van der Waals surface area contributed by atoms with Gasteiger partial charge < -0.3 is 10.8 Å². The molecule has 0 spiro atoms. The molecular weight excluding hydrogens is 244 g/mol. The van der Waals surface area contributed by atoms with Gasteiger partial charge in [-0.3, -0.25) is 9.58 Å². The average Bonchev–Trinajstić information content (AvgIpc) is 2.75. The molecule has 3 heterocycles. The lowest BCUT2D eigenvalue weighted by atomic mass is 10.1. The second-order valence-electron chi connectivity index (χ2n) is 5.04. The number of anilines is 1. The highest BCUT2D eigenvalue weighted by atomic mass is 16.3. The van der Waals surface area contributed by atoms with Gasteiger partial charge >= 0.3 is 0 Å². The number of hydrogen-bond donors (Lipinski definition) is 2. The minimum absolute atomic E-state index is 0.165. The summed E-state index contributed by atoms with van der Waals surface area (Å²) in [4.78, 5) is 11.1. The second-order valence-corrected chi connectivity index (χ2v) is 5.04. The van der Waals surface area contributed by atoms with E-state index in [-0.39, 0.29) is 6.10 Å². The summed E-state index contributed by atoms with van der Waals surface area (Å²) in [5.74, 6) is 1.19. The van der Waals surface area contributed by atoms with E-state index < -0.39 is 0 Å². The van der Waals surface area contributed by atoms with Crippen LogP contribution >= 0.6 is 0 Å². The van der Waals surface area contributed by atoms with Gasteiger partial charge in [-0.2, -0.15) is 5.10 Å². The summed E-state index contributed by atoms with van der Waals surface area (Å²) in [7, 11) is 1.84. The minimum atomic E-state index is -0.165. The summed E-state index contributed by atoms with van der Waals surface area (Å²) in [6, 6.07) is 0. The zero-order chi connectivity index (χ0) is 13.4. The van der Waals surface area contributed by atoms with E-state index >= 15 is 0 Å². The maximum atomic E-state index is 9.50. The van der Waals surface area contributed by atoms with E-state index in [1.807, 2.05) is 7.05 Å². The number of aliphatic hydroxyl groups is 1. The standard InChI is InChI=1S/C12H18N6O/c1-17-12-9(6-14-17)11(13)15-10(16-12)7-18-4-2-8(19)3-5-18/h6,8,19H,2-5,7H2,1H3,(H2,13,15,16). The third kappa shape index (κ3) is 2.39. The summed E-state index contributed by atoms with van der Waals surface area (Å²) in [5.41, 5.74) is 6.70. The van der Waals surface area contributed by atoms with Crippen LogP contribution in [0.2, 0.25) is 0 Å². The third-order valence-electron chi connectivity index (χ3n) is 3.59. The third-order valence-corrected chi connectivity index (χ3v) is 3.59. The number of nitrogen functional groups attached to an aromatic ring is 1. The van der Waals surface area contributed by atoms with Crippen LogP contribution in [0.1, 0.15) is 18.7 Å². The number of aliphatic hydroxyl groups excluding tert-OH is 1. The van der Waals surface area contributed by atoms with Crippen LogP contribution in [0.25, 0.3) is 11.0 Å². The number of nitrogens with zero attached hydrogens (tertiary/aromatic N) is 5. The van der Waals surface area contributed by atoms with Crippen LogP contribution in [0, 0.1) is 0 Å². The Morgan fingerprint density at radius 1 is 1.37 bits per heavy atom. The van der Waals surface area contributed by atoms with E-state index in [0.29, 0.717) is 18.2 Å². The normalized spacial score (nSPS) is 18.2. The van der Waals surface area contributed by atoms with Gasteiger partial charge in [0.2, 0.25) is 0 Å². The summed E-state index contributed by atoms with van der Waals surface area (Å²) in [5, 5.41) is 14.4. The summed E-state index contributed by atoms with van der Waals surface area (Å²) >= 11 is 0. The Morgan fingerprint density at radius 3 is 2.84 bits per heavy atom. The predicted molar refractivity (Wildman–Crippen MR) is 71.2 cm³/mol. The maximum Gasteiger partial charge on any atom is 0.163 e. The molecule has 0 atom stereocenters. The molecule has 3 rings (SSSR count). The van der Waals surface area contributed by atoms with Gasteiger partial charge in [0.15, 0.2) is 5.65 Å². The second kappa shape index (κ2) is 4.75. The van der Waals surface area contributed by atoms with E-state index in [0.717, 1.165) is 37.0 Å². The van der Waals surface area contributed by atoms with Crippen molar-refractivity contribution in [2.45, 2.75) is 25.5 Å². The van der Waals surface area contributed by atoms with Crippen molar-refractivity contribution in [3.8, 4) is 0 Å². The highest BCUT2D eigenvalue weighted by Gasteiger charge is 2.18. The first-order valence-electron chi connectivity index (χ1n) is 6.48. The molecule has 3 N–H and O–H groups in total. The van der Waals surface area contributed by atoms with E-state index in [1.165, 1.54) is 0 Å². The SMILES string of the molecule is Cn1ncc2c(N)nc(CN3CCC(O)CC3)nc21. The van der Waals surface area contributed by atoms with E-state index in [4.69, 9.17) is 5.73 Å². The molecule has 0 unspecified atom stereocenters. The molecule has 1 fully saturated rings. The van der Waals surface area contributed by atoms with Gasteiger partial charge in [-0.05, 0) is 12.8 Å². The lowest BCUT2D eigenvalue weighted by Gasteiger charge is -2.28. The van der Waals surface area contributed by atoms with Crippen LogP contribution < -0.4 is 5.73 Å². The van der Waals surface area contributed by atoms with Gasteiger partial charge in [-0.1, -0.05) is 0 Å². The van der Waals surface area contributed by atoms with Gasteiger partial charge in [0.25, 0.3) is 0 Å². The van der Waals surface area contributed by atoms with Crippen molar-refractivity contribution in [1.29, 1.82) is 0 Å². The molecule has 2 aromatic heterocycles. The Balaban J connectivity index is 1.83. The van der Waals surface area contributed by atoms with Crippen molar-refractivity contribution in [2.24, 2.45) is 7.05 Å². The van der Waals surface area contributed by atoms with Crippen molar-refractivity contribution in [2.75, 3.05) is 18.8 Å². The quantitative estimate of drug-likeness (QED) is 0.785. The Labute approximate surface area is 111 Å². The fourth-order valence-electron chi connectivity index (χ4n) is 2.44. The molecule has 0 aliphatic carbocycles. The van der Waals surface area contributed by atoms with Crippen LogP contribution in [0.5, 0.6) is 0 Å². The smallest absolute Gasteiger partial charge is 0.163 e. The molecule has 0 saturated carbocycles. The monoisotopic (exact) mass is 262 g/mol. The molecule has 2 aromatic rings. The van der Waals surface area contributed by atoms with Crippen molar-refractivity contribution in [3.05, 3.63) is 12.0 Å². The molecule has 0 aromatic carbocycles. The summed E-state index contributed by atoms with van der Waals surface area (Å²) < 4.78 is 1.71. The van der Waals surface area contributed by atoms with Crippen LogP contribution in [-0.2, 0) is 13.6 Å². The topological polar surface area (TPSA) is 93.1 Å². The first kappa shape index (κ1) is 12.3. The Hall–Kier alpha value is -1.73. The number of piperidine rings is 1. The highest BCUT2D eigenvalue weighted by molar-refractivity contribution is 5.84. The van der Waals surface area contributed by atoms with Crippen molar-refractivity contribution in [3.63, 3.8) is 0 Å². The molecule has 19 heavy (non-hydrogen) atoms. The summed E-state index contributed by atoms with van der Waals surface area (Å²) in [6.07, 6.45) is 3.14. The first-order chi connectivity index (χ1) is 9.13. The zero-order valence-corrected chi connectivity index (χ0v) is 11.0. The fraction of sp³-hybridized carbons (Fsp3) is 0.583. The summed E-state index contributed by atoms with van der Waals surface area (Å²) in [6.45, 7) is 2.40. The lowest BCUT2D eigenvalue weighted by molar-refractivity contribution is 0.0781. The van der Waals surface area contributed by atoms with Crippen molar-refractivity contribution in [1.82, 2.24) is 24.6 Å². The Kier molecular flexibility index (Phi) is 3.08. The number of fused-ring (bicyclic) bond motifs is 1. The number of rotatable bonds is 2. The molecule has 7 heteroatoms. The lowest BCUT2D eigenvalue weighted by Crippen LogP contribution is -2.35. The van der Waals surface area contributed by atoms with Crippen LogP contribution in [0.4, 0.5) is 5.82 Å². The fourth-order valence-corrected chi connectivity index (χ4v) is 2.44. The number of nitrogens with two attached hydrogens (primary N) is 1. The molecule has 0 radical (unpaired) electrons.